The Kier molecular flexibility index (Phi) is 6.58. The van der Waals surface area contributed by atoms with E-state index >= 15 is 0 Å². The van der Waals surface area contributed by atoms with Crippen molar-refractivity contribution in [3.05, 3.63) is 55.1 Å². The molecule has 7 atom stereocenters. The second-order valence-electron chi connectivity index (χ2n) is 10.5. The molecule has 37 heavy (non-hydrogen) atoms. The molecule has 2 aromatic carbocycles. The molecule has 2 bridgehead atoms. The molecule has 3 aliphatic rings. The number of carbonyl (C=O) groups is 3. The summed E-state index contributed by atoms with van der Waals surface area (Å²) >= 11 is 0. The molecule has 0 aliphatic carbocycles. The average molecular weight is 507 g/mol. The van der Waals surface area contributed by atoms with Gasteiger partial charge in [0.25, 0.3) is 5.91 Å². The predicted octanol–water partition coefficient (Wildman–Crippen LogP) is 3.23. The van der Waals surface area contributed by atoms with E-state index in [4.69, 9.17) is 4.74 Å². The van der Waals surface area contributed by atoms with Crippen LogP contribution in [0, 0.1) is 17.8 Å². The van der Waals surface area contributed by atoms with Crippen LogP contribution in [0.2, 0.25) is 0 Å². The second-order valence-corrected chi connectivity index (χ2v) is 10.5. The summed E-state index contributed by atoms with van der Waals surface area (Å²) in [6.45, 7) is 7.62. The van der Waals surface area contributed by atoms with Crippen LogP contribution in [0.5, 0.6) is 0 Å². The summed E-state index contributed by atoms with van der Waals surface area (Å²) in [5, 5.41) is 22.4. The normalized spacial score (nSPS) is 29.8. The number of benzene rings is 2. The van der Waals surface area contributed by atoms with Crippen LogP contribution in [0.1, 0.15) is 33.1 Å². The maximum Gasteiger partial charge on any atom is 0.310 e. The summed E-state index contributed by atoms with van der Waals surface area (Å²) in [5.74, 6) is -3.92. The monoisotopic (exact) mass is 506 g/mol. The fourth-order valence-corrected chi connectivity index (χ4v) is 6.77. The maximum absolute atomic E-state index is 14.5. The SMILES string of the molecule is C=CCN(C(=O)C1N([C@@H](CO)[C@@H](C)CC)C(=O)[C@@H]2[C@@H](C(=O)O)[C@H]3CCC12O3)c1ccc2ccccc2c1. The van der Waals surface area contributed by atoms with Crippen molar-refractivity contribution in [3.63, 3.8) is 0 Å². The number of hydrogen-bond donors (Lipinski definition) is 2. The molecule has 5 rings (SSSR count). The van der Waals surface area contributed by atoms with Crippen LogP contribution >= 0.6 is 0 Å². The second kappa shape index (κ2) is 9.58. The number of carboxylic acid groups (broad SMARTS) is 1. The number of anilines is 1. The van der Waals surface area contributed by atoms with Gasteiger partial charge < -0.3 is 24.7 Å². The lowest BCUT2D eigenvalue weighted by atomic mass is 9.70. The van der Waals surface area contributed by atoms with Gasteiger partial charge in [0.1, 0.15) is 11.6 Å². The molecule has 8 nitrogen and oxygen atoms in total. The van der Waals surface area contributed by atoms with Gasteiger partial charge in [0.15, 0.2) is 0 Å². The van der Waals surface area contributed by atoms with Crippen molar-refractivity contribution in [3.8, 4) is 0 Å². The lowest BCUT2D eigenvalue weighted by molar-refractivity contribution is -0.151. The van der Waals surface area contributed by atoms with E-state index in [1.807, 2.05) is 56.3 Å². The van der Waals surface area contributed by atoms with E-state index < -0.39 is 47.5 Å². The van der Waals surface area contributed by atoms with E-state index in [0.717, 1.165) is 10.8 Å². The zero-order valence-electron chi connectivity index (χ0n) is 21.2. The summed E-state index contributed by atoms with van der Waals surface area (Å²) in [7, 11) is 0. The number of hydrogen-bond acceptors (Lipinski definition) is 5. The minimum Gasteiger partial charge on any atom is -0.481 e. The number of nitrogens with zero attached hydrogens (tertiary/aromatic N) is 2. The first kappa shape index (κ1) is 25.4. The number of ether oxygens (including phenoxy) is 1. The Balaban J connectivity index is 1.63. The Morgan fingerprint density at radius 3 is 2.65 bits per heavy atom. The largest absolute Gasteiger partial charge is 0.481 e. The molecule has 2 aromatic rings. The molecule has 3 aliphatic heterocycles. The highest BCUT2D eigenvalue weighted by Gasteiger charge is 2.75. The van der Waals surface area contributed by atoms with Gasteiger partial charge in [-0.1, -0.05) is 56.7 Å². The van der Waals surface area contributed by atoms with Crippen LogP contribution in [0.3, 0.4) is 0 Å². The summed E-state index contributed by atoms with van der Waals surface area (Å²) in [4.78, 5) is 43.9. The van der Waals surface area contributed by atoms with Crippen LogP contribution in [0.15, 0.2) is 55.1 Å². The van der Waals surface area contributed by atoms with Crippen LogP contribution in [-0.4, -0.2) is 69.8 Å². The number of carboxylic acids is 1. The molecule has 3 heterocycles. The van der Waals surface area contributed by atoms with Crippen molar-refractivity contribution in [1.29, 1.82) is 0 Å². The molecule has 8 heteroatoms. The highest BCUT2D eigenvalue weighted by atomic mass is 16.5. The van der Waals surface area contributed by atoms with Gasteiger partial charge in [-0.3, -0.25) is 14.4 Å². The van der Waals surface area contributed by atoms with Gasteiger partial charge in [-0.05, 0) is 41.7 Å². The van der Waals surface area contributed by atoms with Crippen molar-refractivity contribution >= 4 is 34.2 Å². The van der Waals surface area contributed by atoms with Crippen molar-refractivity contribution < 1.29 is 29.3 Å². The summed E-state index contributed by atoms with van der Waals surface area (Å²) in [5.41, 5.74) is -0.582. The smallest absolute Gasteiger partial charge is 0.310 e. The third-order valence-electron chi connectivity index (χ3n) is 8.72. The summed E-state index contributed by atoms with van der Waals surface area (Å²) < 4.78 is 6.34. The summed E-state index contributed by atoms with van der Waals surface area (Å²) in [6, 6.07) is 11.9. The van der Waals surface area contributed by atoms with Gasteiger partial charge in [-0.15, -0.1) is 6.58 Å². The molecule has 1 spiro atoms. The first-order chi connectivity index (χ1) is 17.8. The highest BCUT2D eigenvalue weighted by Crippen LogP contribution is 2.59. The number of fused-ring (bicyclic) bond motifs is 2. The Morgan fingerprint density at radius 1 is 1.27 bits per heavy atom. The van der Waals surface area contributed by atoms with Gasteiger partial charge in [0.05, 0.1) is 30.6 Å². The molecule has 196 valence electrons. The standard InChI is InChI=1S/C29H34N2O6/c1-4-14-30(20-11-10-18-8-6-7-9-19(18)15-20)27(34)25-29-13-12-22(37-29)23(28(35)36)24(29)26(33)31(25)21(16-32)17(3)5-2/h4,6-11,15,17,21-25,32H,1,5,12-14,16H2,2-3H3,(H,35,36)/t17-,21-,22+,23-,24-,25?,29?/m0/s1. The predicted molar refractivity (Wildman–Crippen MR) is 139 cm³/mol. The molecule has 2 amide bonds. The fraction of sp³-hybridized carbons (Fsp3) is 0.483. The number of amides is 2. The van der Waals surface area contributed by atoms with Crippen molar-refractivity contribution in [2.75, 3.05) is 18.1 Å². The first-order valence-corrected chi connectivity index (χ1v) is 13.0. The molecule has 3 saturated heterocycles. The minimum absolute atomic E-state index is 0.103. The van der Waals surface area contributed by atoms with Crippen molar-refractivity contribution in [2.24, 2.45) is 17.8 Å². The van der Waals surface area contributed by atoms with Crippen LogP contribution in [-0.2, 0) is 19.1 Å². The number of carbonyl (C=O) groups excluding carboxylic acids is 2. The van der Waals surface area contributed by atoms with E-state index in [-0.39, 0.29) is 25.0 Å². The molecular formula is C29H34N2O6. The van der Waals surface area contributed by atoms with Gasteiger partial charge in [0, 0.05) is 12.2 Å². The fourth-order valence-electron chi connectivity index (χ4n) is 6.77. The average Bonchev–Trinajstić information content (AvgIpc) is 3.54. The van der Waals surface area contributed by atoms with Crippen molar-refractivity contribution in [2.45, 2.75) is 56.9 Å². The van der Waals surface area contributed by atoms with Crippen LogP contribution in [0.25, 0.3) is 10.8 Å². The van der Waals surface area contributed by atoms with Crippen LogP contribution in [0.4, 0.5) is 5.69 Å². The van der Waals surface area contributed by atoms with Gasteiger partial charge in [-0.25, -0.2) is 0 Å². The van der Waals surface area contributed by atoms with E-state index in [0.29, 0.717) is 24.9 Å². The molecule has 2 N–H and O–H groups in total. The molecular weight excluding hydrogens is 472 g/mol. The quantitative estimate of drug-likeness (QED) is 0.506. The van der Waals surface area contributed by atoms with E-state index in [1.165, 1.54) is 4.90 Å². The number of rotatable bonds is 9. The number of aliphatic carboxylic acids is 1. The summed E-state index contributed by atoms with van der Waals surface area (Å²) in [6.07, 6.45) is 2.61. The Morgan fingerprint density at radius 2 is 2.00 bits per heavy atom. The number of likely N-dealkylation sites (tertiary alicyclic amines) is 1. The third kappa shape index (κ3) is 3.77. The first-order valence-electron chi connectivity index (χ1n) is 13.0. The zero-order valence-corrected chi connectivity index (χ0v) is 21.2. The Labute approximate surface area is 216 Å². The van der Waals surface area contributed by atoms with Crippen LogP contribution < -0.4 is 4.90 Å². The third-order valence-corrected chi connectivity index (χ3v) is 8.72. The number of aliphatic hydroxyl groups is 1. The highest BCUT2D eigenvalue weighted by molar-refractivity contribution is 6.05. The molecule has 3 fully saturated rings. The lowest BCUT2D eigenvalue weighted by Gasteiger charge is -2.41. The Bertz CT molecular complexity index is 1250. The van der Waals surface area contributed by atoms with E-state index in [1.54, 1.807) is 11.0 Å². The lowest BCUT2D eigenvalue weighted by Crippen LogP contribution is -2.60. The van der Waals surface area contributed by atoms with E-state index in [9.17, 15) is 24.6 Å². The molecule has 0 aromatic heterocycles. The van der Waals surface area contributed by atoms with E-state index in [2.05, 4.69) is 6.58 Å². The molecule has 2 unspecified atom stereocenters. The van der Waals surface area contributed by atoms with Gasteiger partial charge in [0.2, 0.25) is 5.91 Å². The molecule has 0 radical (unpaired) electrons. The van der Waals surface area contributed by atoms with Gasteiger partial charge >= 0.3 is 5.97 Å². The molecule has 0 saturated carbocycles. The minimum atomic E-state index is -1.24. The topological polar surface area (TPSA) is 107 Å². The van der Waals surface area contributed by atoms with Gasteiger partial charge in [-0.2, -0.15) is 0 Å². The zero-order chi connectivity index (χ0) is 26.5. The number of aliphatic hydroxyl groups excluding tert-OH is 1. The Hall–Kier alpha value is -3.23. The maximum atomic E-state index is 14.5. The van der Waals surface area contributed by atoms with Crippen molar-refractivity contribution in [1.82, 2.24) is 4.90 Å².